The van der Waals surface area contributed by atoms with Crippen molar-refractivity contribution in [2.24, 2.45) is 0 Å². The van der Waals surface area contributed by atoms with Crippen molar-refractivity contribution in [1.82, 2.24) is 0 Å². The molecule has 0 atom stereocenters. The molecule has 0 aliphatic heterocycles. The molecule has 3 aromatic carbocycles. The Morgan fingerprint density at radius 3 is 2.45 bits per heavy atom. The number of aliphatic hydroxyl groups excluding tert-OH is 1. The minimum Gasteiger partial charge on any atom is -0.483 e. The van der Waals surface area contributed by atoms with Crippen molar-refractivity contribution in [1.29, 1.82) is 0 Å². The van der Waals surface area contributed by atoms with Gasteiger partial charge >= 0.3 is 5.97 Å². The fourth-order valence-electron chi connectivity index (χ4n) is 2.87. The summed E-state index contributed by atoms with van der Waals surface area (Å²) in [4.78, 5) is 25.8. The topological polar surface area (TPSA) is 76.1 Å². The normalized spacial score (nSPS) is 10.6. The molecule has 1 amide bonds. The van der Waals surface area contributed by atoms with Crippen molar-refractivity contribution < 1.29 is 24.2 Å². The zero-order valence-electron chi connectivity index (χ0n) is 15.4. The van der Waals surface area contributed by atoms with Crippen LogP contribution in [-0.2, 0) is 9.53 Å². The molecule has 150 valence electrons. The van der Waals surface area contributed by atoms with E-state index < -0.39 is 18.6 Å². The van der Waals surface area contributed by atoms with Crippen LogP contribution in [0.1, 0.15) is 10.4 Å². The smallest absolute Gasteiger partial charge is 0.338 e. The zero-order chi connectivity index (χ0) is 21.0. The Bertz CT molecular complexity index is 1060. The van der Waals surface area contributed by atoms with E-state index in [9.17, 15) is 14.7 Å². The SMILES string of the molecule is COC(=O)c1cc(OCC(=O)N(CO)c2ccccc2)c2c(Cl)cc(Cl)cc2c1. The molecule has 0 fully saturated rings. The van der Waals surface area contributed by atoms with Gasteiger partial charge in [0, 0.05) is 16.1 Å². The Kier molecular flexibility index (Phi) is 6.59. The van der Waals surface area contributed by atoms with Crippen molar-refractivity contribution in [2.75, 3.05) is 25.3 Å². The third kappa shape index (κ3) is 4.62. The number of halogens is 2. The number of fused-ring (bicyclic) bond motifs is 1. The molecule has 3 aromatic rings. The van der Waals surface area contributed by atoms with Gasteiger partial charge in [-0.25, -0.2) is 4.79 Å². The molecule has 0 heterocycles. The second-order valence-electron chi connectivity index (χ2n) is 6.04. The fraction of sp³-hybridized carbons (Fsp3) is 0.143. The van der Waals surface area contributed by atoms with E-state index in [4.69, 9.17) is 32.7 Å². The van der Waals surface area contributed by atoms with Crippen LogP contribution >= 0.6 is 23.2 Å². The van der Waals surface area contributed by atoms with Gasteiger partial charge in [0.1, 0.15) is 12.5 Å². The fourth-order valence-corrected chi connectivity index (χ4v) is 3.47. The lowest BCUT2D eigenvalue weighted by Gasteiger charge is -2.20. The molecule has 0 radical (unpaired) electrons. The number of anilines is 1. The maximum atomic E-state index is 12.6. The summed E-state index contributed by atoms with van der Waals surface area (Å²) in [5, 5.41) is 11.4. The molecule has 6 nitrogen and oxygen atoms in total. The molecule has 29 heavy (non-hydrogen) atoms. The lowest BCUT2D eigenvalue weighted by Crippen LogP contribution is -2.35. The second kappa shape index (κ2) is 9.13. The Balaban J connectivity index is 1.94. The monoisotopic (exact) mass is 433 g/mol. The van der Waals surface area contributed by atoms with Gasteiger partial charge in [-0.1, -0.05) is 41.4 Å². The van der Waals surface area contributed by atoms with Gasteiger partial charge in [0.05, 0.1) is 17.7 Å². The molecule has 0 aromatic heterocycles. The molecular weight excluding hydrogens is 417 g/mol. The first-order chi connectivity index (χ1) is 13.9. The zero-order valence-corrected chi connectivity index (χ0v) is 16.9. The predicted molar refractivity (Wildman–Crippen MR) is 112 cm³/mol. The number of rotatable bonds is 6. The van der Waals surface area contributed by atoms with Gasteiger partial charge in [-0.05, 0) is 41.8 Å². The molecule has 1 N–H and O–H groups in total. The molecule has 0 bridgehead atoms. The highest BCUT2D eigenvalue weighted by molar-refractivity contribution is 6.39. The minimum absolute atomic E-state index is 0.225. The number of hydrogen-bond acceptors (Lipinski definition) is 5. The molecule has 0 aliphatic rings. The second-order valence-corrected chi connectivity index (χ2v) is 6.88. The molecule has 0 saturated carbocycles. The van der Waals surface area contributed by atoms with E-state index in [1.165, 1.54) is 18.1 Å². The van der Waals surface area contributed by atoms with Crippen LogP contribution in [-0.4, -0.2) is 37.4 Å². The van der Waals surface area contributed by atoms with Gasteiger partial charge in [0.15, 0.2) is 6.61 Å². The van der Waals surface area contributed by atoms with E-state index in [0.29, 0.717) is 26.5 Å². The van der Waals surface area contributed by atoms with Crippen LogP contribution in [0.4, 0.5) is 5.69 Å². The third-order valence-electron chi connectivity index (χ3n) is 4.21. The summed E-state index contributed by atoms with van der Waals surface area (Å²) in [5.41, 5.74) is 0.754. The van der Waals surface area contributed by atoms with Crippen LogP contribution in [0.5, 0.6) is 5.75 Å². The first-order valence-electron chi connectivity index (χ1n) is 8.54. The number of carbonyl (C=O) groups excluding carboxylic acids is 2. The van der Waals surface area contributed by atoms with Gasteiger partial charge < -0.3 is 14.6 Å². The lowest BCUT2D eigenvalue weighted by molar-refractivity contribution is -0.121. The average molecular weight is 434 g/mol. The summed E-state index contributed by atoms with van der Waals surface area (Å²) >= 11 is 12.4. The number of ether oxygens (including phenoxy) is 2. The van der Waals surface area contributed by atoms with Crippen LogP contribution in [0.2, 0.25) is 10.0 Å². The number of aliphatic hydroxyl groups is 1. The number of para-hydroxylation sites is 1. The van der Waals surface area contributed by atoms with Crippen LogP contribution in [0.25, 0.3) is 10.8 Å². The summed E-state index contributed by atoms with van der Waals surface area (Å²) in [6.07, 6.45) is 0. The molecule has 0 saturated heterocycles. The van der Waals surface area contributed by atoms with Crippen molar-refractivity contribution in [3.63, 3.8) is 0 Å². The van der Waals surface area contributed by atoms with Crippen molar-refractivity contribution in [3.05, 3.63) is 70.2 Å². The number of esters is 1. The van der Waals surface area contributed by atoms with E-state index in [1.807, 2.05) is 0 Å². The summed E-state index contributed by atoms with van der Waals surface area (Å²) in [6, 6.07) is 14.9. The van der Waals surface area contributed by atoms with Gasteiger partial charge in [-0.3, -0.25) is 9.69 Å². The van der Waals surface area contributed by atoms with Crippen LogP contribution in [0.3, 0.4) is 0 Å². The number of carbonyl (C=O) groups is 2. The van der Waals surface area contributed by atoms with Gasteiger partial charge in [0.2, 0.25) is 0 Å². The molecule has 8 heteroatoms. The molecule has 3 rings (SSSR count). The van der Waals surface area contributed by atoms with Gasteiger partial charge in [0.25, 0.3) is 5.91 Å². The molecule has 0 aliphatic carbocycles. The number of benzene rings is 3. The third-order valence-corrected chi connectivity index (χ3v) is 4.73. The van der Waals surface area contributed by atoms with E-state index in [1.54, 1.807) is 48.5 Å². The van der Waals surface area contributed by atoms with Crippen molar-refractivity contribution in [2.45, 2.75) is 0 Å². The van der Waals surface area contributed by atoms with E-state index in [0.717, 1.165) is 0 Å². The predicted octanol–water partition coefficient (Wildman–Crippen LogP) is 4.30. The summed E-state index contributed by atoms with van der Waals surface area (Å²) in [5.74, 6) is -0.815. The van der Waals surface area contributed by atoms with Crippen LogP contribution < -0.4 is 9.64 Å². The highest BCUT2D eigenvalue weighted by atomic mass is 35.5. The Labute approximate surface area is 177 Å². The van der Waals surface area contributed by atoms with E-state index >= 15 is 0 Å². The first-order valence-corrected chi connectivity index (χ1v) is 9.30. The quantitative estimate of drug-likeness (QED) is 0.463. The lowest BCUT2D eigenvalue weighted by atomic mass is 10.1. The van der Waals surface area contributed by atoms with Crippen LogP contribution in [0.15, 0.2) is 54.6 Å². The van der Waals surface area contributed by atoms with Crippen molar-refractivity contribution >= 4 is 51.5 Å². The number of methoxy groups -OCH3 is 1. The number of nitrogens with zero attached hydrogens (tertiary/aromatic N) is 1. The van der Waals surface area contributed by atoms with E-state index in [-0.39, 0.29) is 17.9 Å². The largest absolute Gasteiger partial charge is 0.483 e. The average Bonchev–Trinajstić information content (AvgIpc) is 2.72. The Morgan fingerprint density at radius 2 is 1.79 bits per heavy atom. The number of amides is 1. The molecule has 0 spiro atoms. The van der Waals surface area contributed by atoms with Gasteiger partial charge in [-0.2, -0.15) is 0 Å². The molecule has 0 unspecified atom stereocenters. The van der Waals surface area contributed by atoms with Crippen molar-refractivity contribution in [3.8, 4) is 5.75 Å². The highest BCUT2D eigenvalue weighted by Crippen LogP contribution is 2.36. The maximum Gasteiger partial charge on any atom is 0.338 e. The minimum atomic E-state index is -0.569. The Morgan fingerprint density at radius 1 is 1.07 bits per heavy atom. The first kappa shape index (κ1) is 20.9. The Hall–Kier alpha value is -2.80. The summed E-state index contributed by atoms with van der Waals surface area (Å²) in [7, 11) is 1.26. The summed E-state index contributed by atoms with van der Waals surface area (Å²) in [6.45, 7) is -0.889. The van der Waals surface area contributed by atoms with E-state index in [2.05, 4.69) is 0 Å². The van der Waals surface area contributed by atoms with Gasteiger partial charge in [-0.15, -0.1) is 0 Å². The van der Waals surface area contributed by atoms with Crippen LogP contribution in [0, 0.1) is 0 Å². The number of hydrogen-bond donors (Lipinski definition) is 1. The standard InChI is InChI=1S/C21H17Cl2NO5/c1-28-21(27)14-7-13-8-15(22)10-17(23)20(13)18(9-14)29-11-19(26)24(12-25)16-5-3-2-4-6-16/h2-10,25H,11-12H2,1H3. The maximum absolute atomic E-state index is 12.6. The summed E-state index contributed by atoms with van der Waals surface area (Å²) < 4.78 is 10.5. The highest BCUT2D eigenvalue weighted by Gasteiger charge is 2.18. The molecular formula is C21H17Cl2NO5.